The van der Waals surface area contributed by atoms with E-state index in [0.29, 0.717) is 22.9 Å². The summed E-state index contributed by atoms with van der Waals surface area (Å²) >= 11 is 5.96. The highest BCUT2D eigenvalue weighted by molar-refractivity contribution is 7.92. The maximum Gasteiger partial charge on any atom is 0.269 e. The second kappa shape index (κ2) is 10.3. The molecule has 0 heterocycles. The third-order valence-corrected chi connectivity index (χ3v) is 6.76. The predicted molar refractivity (Wildman–Crippen MR) is 127 cm³/mol. The van der Waals surface area contributed by atoms with Crippen molar-refractivity contribution in [2.45, 2.75) is 4.90 Å². The molecule has 2 N–H and O–H groups in total. The van der Waals surface area contributed by atoms with Gasteiger partial charge in [-0.05, 0) is 48.5 Å². The number of carbonyl (C=O) groups is 1. The summed E-state index contributed by atoms with van der Waals surface area (Å²) in [5.41, 5.74) is 1.26. The minimum Gasteiger partial charge on any atom is -0.383 e. The number of rotatable bonds is 9. The number of hydrogen-bond donors (Lipinski definition) is 2. The second-order valence-corrected chi connectivity index (χ2v) is 9.37. The fourth-order valence-electron chi connectivity index (χ4n) is 2.95. The number of nitrogens with one attached hydrogen (secondary N) is 2. The Labute approximate surface area is 196 Å². The van der Waals surface area contributed by atoms with Gasteiger partial charge in [0.2, 0.25) is 0 Å². The third kappa shape index (κ3) is 5.99. The first-order valence-corrected chi connectivity index (χ1v) is 11.6. The van der Waals surface area contributed by atoms with Crippen molar-refractivity contribution < 1.29 is 18.1 Å². The number of hydrogen-bond acceptors (Lipinski definition) is 6. The molecule has 0 atom stereocenters. The van der Waals surface area contributed by atoms with Gasteiger partial charge in [0.25, 0.3) is 21.6 Å². The normalized spacial score (nSPS) is 11.0. The monoisotopic (exact) mass is 488 g/mol. The van der Waals surface area contributed by atoms with Crippen molar-refractivity contribution in [2.24, 2.45) is 0 Å². The molecule has 0 aromatic heterocycles. The van der Waals surface area contributed by atoms with Crippen molar-refractivity contribution in [3.63, 3.8) is 0 Å². The van der Waals surface area contributed by atoms with E-state index < -0.39 is 20.9 Å². The van der Waals surface area contributed by atoms with E-state index in [1.54, 1.807) is 30.3 Å². The largest absolute Gasteiger partial charge is 0.383 e. The molecule has 3 rings (SSSR count). The average molecular weight is 489 g/mol. The third-order valence-electron chi connectivity index (χ3n) is 4.74. The Balaban J connectivity index is 1.61. The van der Waals surface area contributed by atoms with E-state index in [0.717, 1.165) is 4.31 Å². The van der Waals surface area contributed by atoms with Crippen LogP contribution in [0.2, 0.25) is 5.02 Å². The number of benzene rings is 3. The molecule has 3 aromatic carbocycles. The zero-order valence-corrected chi connectivity index (χ0v) is 19.1. The molecule has 0 aliphatic carbocycles. The number of nitro benzene ring substituents is 1. The number of sulfonamides is 1. The van der Waals surface area contributed by atoms with E-state index in [4.69, 9.17) is 11.6 Å². The summed E-state index contributed by atoms with van der Waals surface area (Å²) in [6.45, 7) is 0.633. The highest BCUT2D eigenvalue weighted by Crippen LogP contribution is 2.25. The number of carbonyl (C=O) groups excluding carboxylic acids is 1. The predicted octanol–water partition coefficient (Wildman–Crippen LogP) is 3.92. The Morgan fingerprint density at radius 3 is 2.39 bits per heavy atom. The fraction of sp³-hybridized carbons (Fsp3) is 0.136. The highest BCUT2D eigenvalue weighted by atomic mass is 35.5. The van der Waals surface area contributed by atoms with Gasteiger partial charge in [0.15, 0.2) is 0 Å². The first-order chi connectivity index (χ1) is 15.7. The number of halogens is 1. The molecule has 0 saturated carbocycles. The van der Waals surface area contributed by atoms with Crippen LogP contribution in [0.5, 0.6) is 0 Å². The minimum atomic E-state index is -3.90. The molecule has 33 heavy (non-hydrogen) atoms. The van der Waals surface area contributed by atoms with Crippen molar-refractivity contribution in [3.05, 3.63) is 93.5 Å². The molecular formula is C22H21ClN4O5S. The van der Waals surface area contributed by atoms with Crippen LogP contribution >= 0.6 is 11.6 Å². The summed E-state index contributed by atoms with van der Waals surface area (Å²) < 4.78 is 27.1. The lowest BCUT2D eigenvalue weighted by atomic mass is 10.2. The van der Waals surface area contributed by atoms with Crippen molar-refractivity contribution in [1.29, 1.82) is 0 Å². The summed E-state index contributed by atoms with van der Waals surface area (Å²) in [4.78, 5) is 22.7. The molecular weight excluding hydrogens is 468 g/mol. The standard InChI is InChI=1S/C22H21ClN4O5S/c1-26(20-6-3-5-17(23)15-20)33(31,32)21-7-2-4-16(14-21)22(28)25-13-12-24-18-8-10-19(11-9-18)27(29)30/h2-11,14-15,24H,12-13H2,1H3,(H,25,28). The summed E-state index contributed by atoms with van der Waals surface area (Å²) in [5, 5.41) is 16.8. The zero-order valence-electron chi connectivity index (χ0n) is 17.6. The molecule has 0 radical (unpaired) electrons. The first-order valence-electron chi connectivity index (χ1n) is 9.79. The van der Waals surface area contributed by atoms with E-state index in [9.17, 15) is 23.3 Å². The van der Waals surface area contributed by atoms with Crippen LogP contribution < -0.4 is 14.9 Å². The van der Waals surface area contributed by atoms with Gasteiger partial charge in [0.05, 0.1) is 15.5 Å². The van der Waals surface area contributed by atoms with E-state index >= 15 is 0 Å². The quantitative estimate of drug-likeness (QED) is 0.267. The number of anilines is 2. The van der Waals surface area contributed by atoms with E-state index in [1.807, 2.05) is 0 Å². The number of nitrogens with zero attached hydrogens (tertiary/aromatic N) is 2. The average Bonchev–Trinajstić information content (AvgIpc) is 2.81. The van der Waals surface area contributed by atoms with Crippen LogP contribution in [-0.4, -0.2) is 39.4 Å². The van der Waals surface area contributed by atoms with Crippen LogP contribution in [-0.2, 0) is 10.0 Å². The smallest absolute Gasteiger partial charge is 0.269 e. The van der Waals surface area contributed by atoms with Crippen LogP contribution in [0.4, 0.5) is 17.1 Å². The molecule has 172 valence electrons. The highest BCUT2D eigenvalue weighted by Gasteiger charge is 2.22. The zero-order chi connectivity index (χ0) is 24.0. The molecule has 0 bridgehead atoms. The molecule has 0 fully saturated rings. The van der Waals surface area contributed by atoms with Gasteiger partial charge in [-0.2, -0.15) is 0 Å². The van der Waals surface area contributed by atoms with Gasteiger partial charge in [0.1, 0.15) is 0 Å². The number of amides is 1. The molecule has 0 saturated heterocycles. The Hall–Kier alpha value is -3.63. The van der Waals surface area contributed by atoms with Crippen molar-refractivity contribution >= 4 is 44.6 Å². The van der Waals surface area contributed by atoms with Gasteiger partial charge < -0.3 is 10.6 Å². The summed E-state index contributed by atoms with van der Waals surface area (Å²) in [5.74, 6) is -0.428. The molecule has 9 nitrogen and oxygen atoms in total. The maximum atomic E-state index is 13.0. The number of non-ortho nitro benzene ring substituents is 1. The van der Waals surface area contributed by atoms with Gasteiger partial charge in [0, 0.05) is 48.5 Å². The summed E-state index contributed by atoms with van der Waals surface area (Å²) in [6, 6.07) is 18.1. The Kier molecular flexibility index (Phi) is 7.52. The molecule has 0 aliphatic rings. The van der Waals surface area contributed by atoms with E-state index in [1.165, 1.54) is 49.5 Å². The molecule has 0 unspecified atom stereocenters. The Bertz CT molecular complexity index is 1270. The van der Waals surface area contributed by atoms with Crippen LogP contribution in [0, 0.1) is 10.1 Å². The molecule has 11 heteroatoms. The molecule has 3 aromatic rings. The van der Waals surface area contributed by atoms with Gasteiger partial charge in [-0.3, -0.25) is 19.2 Å². The van der Waals surface area contributed by atoms with Crippen LogP contribution in [0.3, 0.4) is 0 Å². The van der Waals surface area contributed by atoms with Crippen LogP contribution in [0.15, 0.2) is 77.7 Å². The van der Waals surface area contributed by atoms with Gasteiger partial charge in [-0.25, -0.2) is 8.42 Å². The van der Waals surface area contributed by atoms with Gasteiger partial charge >= 0.3 is 0 Å². The number of nitro groups is 1. The van der Waals surface area contributed by atoms with E-state index in [-0.39, 0.29) is 22.7 Å². The summed E-state index contributed by atoms with van der Waals surface area (Å²) in [6.07, 6.45) is 0. The summed E-state index contributed by atoms with van der Waals surface area (Å²) in [7, 11) is -2.49. The second-order valence-electron chi connectivity index (χ2n) is 6.97. The van der Waals surface area contributed by atoms with Gasteiger partial charge in [-0.15, -0.1) is 0 Å². The lowest BCUT2D eigenvalue weighted by Gasteiger charge is -2.20. The van der Waals surface area contributed by atoms with Crippen LogP contribution in [0.25, 0.3) is 0 Å². The lowest BCUT2D eigenvalue weighted by Crippen LogP contribution is -2.29. The van der Waals surface area contributed by atoms with Gasteiger partial charge in [-0.1, -0.05) is 23.7 Å². The molecule has 1 amide bonds. The van der Waals surface area contributed by atoms with E-state index in [2.05, 4.69) is 10.6 Å². The Morgan fingerprint density at radius 1 is 1.03 bits per heavy atom. The van der Waals surface area contributed by atoms with Crippen molar-refractivity contribution in [2.75, 3.05) is 29.8 Å². The molecule has 0 spiro atoms. The first kappa shape index (κ1) is 24.0. The Morgan fingerprint density at radius 2 is 1.73 bits per heavy atom. The minimum absolute atomic E-state index is 0.00954. The SMILES string of the molecule is CN(c1cccc(Cl)c1)S(=O)(=O)c1cccc(C(=O)NCCNc2ccc([N+](=O)[O-])cc2)c1. The molecule has 0 aliphatic heterocycles. The fourth-order valence-corrected chi connectivity index (χ4v) is 4.37. The van der Waals surface area contributed by atoms with Crippen molar-refractivity contribution in [1.82, 2.24) is 5.32 Å². The maximum absolute atomic E-state index is 13.0. The topological polar surface area (TPSA) is 122 Å². The van der Waals surface area contributed by atoms with Crippen molar-refractivity contribution in [3.8, 4) is 0 Å². The van der Waals surface area contributed by atoms with Crippen LogP contribution in [0.1, 0.15) is 10.4 Å². The lowest BCUT2D eigenvalue weighted by molar-refractivity contribution is -0.384.